The van der Waals surface area contributed by atoms with Gasteiger partial charge >= 0.3 is 6.01 Å². The van der Waals surface area contributed by atoms with E-state index in [0.717, 1.165) is 0 Å². The fourth-order valence-electron chi connectivity index (χ4n) is 2.12. The fourth-order valence-corrected chi connectivity index (χ4v) is 2.12. The number of methoxy groups -OCH3 is 1. The van der Waals surface area contributed by atoms with Gasteiger partial charge < -0.3 is 18.9 Å². The third-order valence-electron chi connectivity index (χ3n) is 3.28. The summed E-state index contributed by atoms with van der Waals surface area (Å²) >= 11 is 0. The maximum Gasteiger partial charge on any atom is 0.336 e. The molecule has 1 aromatic carbocycles. The first-order valence-electron chi connectivity index (χ1n) is 7.25. The van der Waals surface area contributed by atoms with Crippen molar-refractivity contribution in [2.75, 3.05) is 27.1 Å². The van der Waals surface area contributed by atoms with Crippen molar-refractivity contribution in [3.63, 3.8) is 0 Å². The van der Waals surface area contributed by atoms with Crippen LogP contribution < -0.4 is 14.2 Å². The summed E-state index contributed by atoms with van der Waals surface area (Å²) in [7, 11) is 1.58. The Morgan fingerprint density at radius 3 is 2.91 bits per heavy atom. The molecule has 8 nitrogen and oxygen atoms in total. The molecular weight excluding hydrogens is 302 g/mol. The summed E-state index contributed by atoms with van der Waals surface area (Å²) < 4.78 is 22.2. The third kappa shape index (κ3) is 3.11. The highest BCUT2D eigenvalue weighted by molar-refractivity contribution is 5.82. The van der Waals surface area contributed by atoms with Gasteiger partial charge in [0.05, 0.1) is 6.61 Å². The molecule has 8 heteroatoms. The first kappa shape index (κ1) is 15.3. The zero-order chi connectivity index (χ0) is 16.2. The van der Waals surface area contributed by atoms with Gasteiger partial charge in [-0.15, -0.1) is 5.10 Å². The Bertz CT molecular complexity index is 713. The van der Waals surface area contributed by atoms with Crippen molar-refractivity contribution >= 4 is 5.91 Å². The smallest absolute Gasteiger partial charge is 0.336 e. The zero-order valence-electron chi connectivity index (χ0n) is 12.9. The molecule has 0 unspecified atom stereocenters. The van der Waals surface area contributed by atoms with Gasteiger partial charge in [0.15, 0.2) is 17.3 Å². The van der Waals surface area contributed by atoms with Crippen LogP contribution in [0, 0.1) is 0 Å². The molecular formula is C15H17N3O5. The maximum atomic E-state index is 12.1. The standard InChI is InChI=1S/C15H17N3O5/c1-3-13(19)18-14(16-15(17-18)21-7-6-20-2)10-4-5-11-12(8-10)23-9-22-11/h4-5,8H,3,6-7,9H2,1-2H3. The van der Waals surface area contributed by atoms with Crippen molar-refractivity contribution < 1.29 is 23.7 Å². The molecule has 0 spiro atoms. The van der Waals surface area contributed by atoms with Gasteiger partial charge in [0, 0.05) is 19.1 Å². The van der Waals surface area contributed by atoms with E-state index in [9.17, 15) is 4.79 Å². The maximum absolute atomic E-state index is 12.1. The molecule has 2 heterocycles. The van der Waals surface area contributed by atoms with E-state index in [-0.39, 0.29) is 18.7 Å². The lowest BCUT2D eigenvalue weighted by Crippen LogP contribution is -2.13. The molecule has 0 amide bonds. The largest absolute Gasteiger partial charge is 0.460 e. The Labute approximate surface area is 132 Å². The molecule has 2 aromatic rings. The minimum Gasteiger partial charge on any atom is -0.460 e. The van der Waals surface area contributed by atoms with E-state index >= 15 is 0 Å². The molecule has 1 aliphatic heterocycles. The van der Waals surface area contributed by atoms with Crippen LogP contribution in [0.25, 0.3) is 11.4 Å². The average Bonchev–Trinajstić information content (AvgIpc) is 3.20. The van der Waals surface area contributed by atoms with Gasteiger partial charge in [-0.2, -0.15) is 9.67 Å². The van der Waals surface area contributed by atoms with E-state index in [2.05, 4.69) is 10.1 Å². The number of carbonyl (C=O) groups excluding carboxylic acids is 1. The van der Waals surface area contributed by atoms with Crippen LogP contribution in [0.2, 0.25) is 0 Å². The van der Waals surface area contributed by atoms with E-state index < -0.39 is 0 Å². The second-order valence-electron chi connectivity index (χ2n) is 4.79. The number of hydrogen-bond donors (Lipinski definition) is 0. The molecule has 0 saturated heterocycles. The highest BCUT2D eigenvalue weighted by atomic mass is 16.7. The Balaban J connectivity index is 1.94. The van der Waals surface area contributed by atoms with Crippen molar-refractivity contribution in [1.29, 1.82) is 0 Å². The van der Waals surface area contributed by atoms with Crippen LogP contribution in [0.4, 0.5) is 0 Å². The molecule has 122 valence electrons. The van der Waals surface area contributed by atoms with Crippen LogP contribution in [-0.2, 0) is 4.74 Å². The number of benzene rings is 1. The van der Waals surface area contributed by atoms with Crippen LogP contribution in [0.5, 0.6) is 17.5 Å². The molecule has 0 fully saturated rings. The first-order valence-corrected chi connectivity index (χ1v) is 7.25. The molecule has 23 heavy (non-hydrogen) atoms. The minimum absolute atomic E-state index is 0.136. The summed E-state index contributed by atoms with van der Waals surface area (Å²) in [6.45, 7) is 2.67. The lowest BCUT2D eigenvalue weighted by Gasteiger charge is -2.03. The van der Waals surface area contributed by atoms with E-state index in [1.807, 2.05) is 0 Å². The summed E-state index contributed by atoms with van der Waals surface area (Å²) in [5, 5.41) is 4.13. The normalized spacial score (nSPS) is 12.4. The first-order chi connectivity index (χ1) is 11.2. The number of fused-ring (bicyclic) bond motifs is 1. The summed E-state index contributed by atoms with van der Waals surface area (Å²) in [6, 6.07) is 5.48. The van der Waals surface area contributed by atoms with Crippen molar-refractivity contribution in [3.05, 3.63) is 18.2 Å². The zero-order valence-corrected chi connectivity index (χ0v) is 12.9. The molecule has 1 aliphatic rings. The van der Waals surface area contributed by atoms with Crippen LogP contribution in [0.3, 0.4) is 0 Å². The lowest BCUT2D eigenvalue weighted by atomic mass is 10.2. The summed E-state index contributed by atoms with van der Waals surface area (Å²) in [5.41, 5.74) is 0.699. The predicted molar refractivity (Wildman–Crippen MR) is 79.9 cm³/mol. The van der Waals surface area contributed by atoms with Gasteiger partial charge in [0.2, 0.25) is 12.7 Å². The van der Waals surface area contributed by atoms with Crippen molar-refractivity contribution in [2.45, 2.75) is 13.3 Å². The number of nitrogens with zero attached hydrogens (tertiary/aromatic N) is 3. The SMILES string of the molecule is CCC(=O)n1nc(OCCOC)nc1-c1ccc2c(c1)OCO2. The van der Waals surface area contributed by atoms with Gasteiger partial charge in [-0.25, -0.2) is 0 Å². The number of ether oxygens (including phenoxy) is 4. The second kappa shape index (κ2) is 6.66. The lowest BCUT2D eigenvalue weighted by molar-refractivity contribution is 0.0891. The van der Waals surface area contributed by atoms with Gasteiger partial charge in [0.1, 0.15) is 6.61 Å². The average molecular weight is 319 g/mol. The molecule has 0 atom stereocenters. The van der Waals surface area contributed by atoms with Crippen molar-refractivity contribution in [2.24, 2.45) is 0 Å². The number of hydrogen-bond acceptors (Lipinski definition) is 7. The Hall–Kier alpha value is -2.61. The second-order valence-corrected chi connectivity index (χ2v) is 4.79. The van der Waals surface area contributed by atoms with Gasteiger partial charge in [0.25, 0.3) is 0 Å². The summed E-state index contributed by atoms with van der Waals surface area (Å²) in [5.74, 6) is 1.51. The number of rotatable bonds is 6. The van der Waals surface area contributed by atoms with Crippen LogP contribution in [0.15, 0.2) is 18.2 Å². The molecule has 0 saturated carbocycles. The molecule has 3 rings (SSSR count). The molecule has 0 radical (unpaired) electrons. The molecule has 0 aliphatic carbocycles. The van der Waals surface area contributed by atoms with Crippen LogP contribution in [0.1, 0.15) is 18.1 Å². The van der Waals surface area contributed by atoms with Crippen molar-refractivity contribution in [1.82, 2.24) is 14.8 Å². The highest BCUT2D eigenvalue weighted by Gasteiger charge is 2.20. The van der Waals surface area contributed by atoms with E-state index in [0.29, 0.717) is 42.5 Å². The van der Waals surface area contributed by atoms with Gasteiger partial charge in [-0.1, -0.05) is 6.92 Å². The number of aromatic nitrogens is 3. The van der Waals surface area contributed by atoms with Gasteiger partial charge in [-0.3, -0.25) is 4.79 Å². The van der Waals surface area contributed by atoms with E-state index in [4.69, 9.17) is 18.9 Å². The Kier molecular flexibility index (Phi) is 4.42. The van der Waals surface area contributed by atoms with Crippen LogP contribution in [-0.4, -0.2) is 47.8 Å². The molecule has 0 bridgehead atoms. The number of carbonyl (C=O) groups is 1. The predicted octanol–water partition coefficient (Wildman–Crippen LogP) is 1.75. The minimum atomic E-state index is -0.174. The molecule has 0 N–H and O–H groups in total. The highest BCUT2D eigenvalue weighted by Crippen LogP contribution is 2.35. The quantitative estimate of drug-likeness (QED) is 0.750. The van der Waals surface area contributed by atoms with Gasteiger partial charge in [-0.05, 0) is 18.2 Å². The molecule has 1 aromatic heterocycles. The van der Waals surface area contributed by atoms with Crippen LogP contribution >= 0.6 is 0 Å². The van der Waals surface area contributed by atoms with E-state index in [1.165, 1.54) is 4.68 Å². The summed E-state index contributed by atoms with van der Waals surface area (Å²) in [6.07, 6.45) is 0.304. The summed E-state index contributed by atoms with van der Waals surface area (Å²) in [4.78, 5) is 16.4. The Morgan fingerprint density at radius 1 is 1.30 bits per heavy atom. The topological polar surface area (TPSA) is 84.7 Å². The van der Waals surface area contributed by atoms with Crippen molar-refractivity contribution in [3.8, 4) is 28.9 Å². The van der Waals surface area contributed by atoms with E-state index in [1.54, 1.807) is 32.2 Å². The fraction of sp³-hybridized carbons (Fsp3) is 0.400. The monoisotopic (exact) mass is 319 g/mol. The third-order valence-corrected chi connectivity index (χ3v) is 3.28. The Morgan fingerprint density at radius 2 is 2.13 bits per heavy atom.